The van der Waals surface area contributed by atoms with Gasteiger partial charge < -0.3 is 4.74 Å². The molecule has 0 unspecified atom stereocenters. The Bertz CT molecular complexity index is 1510. The van der Waals surface area contributed by atoms with Crippen LogP contribution in [0.2, 0.25) is 0 Å². The molecule has 0 aliphatic heterocycles. The van der Waals surface area contributed by atoms with Crippen LogP contribution in [0.3, 0.4) is 0 Å². The lowest BCUT2D eigenvalue weighted by Gasteiger charge is -2.37. The van der Waals surface area contributed by atoms with Gasteiger partial charge in [-0.25, -0.2) is 28.2 Å². The maximum Gasteiger partial charge on any atom is 0.358 e. The molecule has 0 amide bonds. The number of ether oxygens (including phenoxy) is 1. The third-order valence-electron chi connectivity index (χ3n) is 7.87. The molecule has 2 atom stereocenters. The number of nitrogens with zero attached hydrogens (tertiary/aromatic N) is 6. The predicted octanol–water partition coefficient (Wildman–Crippen LogP) is 4.39. The van der Waals surface area contributed by atoms with Gasteiger partial charge in [0.05, 0.1) is 35.2 Å². The maximum atomic E-state index is 14.5. The van der Waals surface area contributed by atoms with Crippen LogP contribution in [0.1, 0.15) is 60.0 Å². The van der Waals surface area contributed by atoms with Crippen LogP contribution in [0.25, 0.3) is 17.2 Å². The number of benzene rings is 1. The molecule has 1 saturated carbocycles. The van der Waals surface area contributed by atoms with Crippen molar-refractivity contribution in [2.45, 2.75) is 38.0 Å². The Morgan fingerprint density at radius 2 is 1.92 bits per heavy atom. The molecule has 1 fully saturated rings. The summed E-state index contributed by atoms with van der Waals surface area (Å²) in [7, 11) is 1.29. The number of halogens is 2. The van der Waals surface area contributed by atoms with E-state index >= 15 is 0 Å². The molecule has 0 radical (unpaired) electrons. The standard InChI is InChI=1S/C26H22F2N6O2/c1-25(2)15-7-10-26(25,20-8-11-29-24(30-20)34-12-9-18(33-34)23(35)36-3)22-14(15)13-19(31-32-22)21-16(27)5-4-6-17(21)28/h4-6,8-9,11-13,15H,7,10H2,1-3H3/t15-,26+/m0/s1. The Hall–Kier alpha value is -4.08. The van der Waals surface area contributed by atoms with E-state index in [1.165, 1.54) is 36.1 Å². The molecule has 2 bridgehead atoms. The first-order chi connectivity index (χ1) is 17.3. The van der Waals surface area contributed by atoms with Crippen LogP contribution in [0.15, 0.2) is 48.8 Å². The minimum atomic E-state index is -0.674. The SMILES string of the molecule is COC(=O)c1ccn(-c2nccc([C@]34CC[C@@H](c5cc(-c6c(F)cccc6F)nnc53)C4(C)C)n2)n1. The quantitative estimate of drug-likeness (QED) is 0.393. The average molecular weight is 488 g/mol. The molecule has 2 aliphatic rings. The molecular formula is C26H22F2N6O2. The van der Waals surface area contributed by atoms with Crippen molar-refractivity contribution >= 4 is 5.97 Å². The molecule has 4 aromatic rings. The largest absolute Gasteiger partial charge is 0.464 e. The van der Waals surface area contributed by atoms with E-state index in [0.29, 0.717) is 5.95 Å². The van der Waals surface area contributed by atoms with Crippen LogP contribution in [0.5, 0.6) is 0 Å². The fraction of sp³-hybridized carbons (Fsp3) is 0.308. The molecule has 36 heavy (non-hydrogen) atoms. The highest BCUT2D eigenvalue weighted by Gasteiger charge is 2.65. The number of methoxy groups -OCH3 is 1. The minimum Gasteiger partial charge on any atom is -0.464 e. The molecule has 0 spiro atoms. The third kappa shape index (κ3) is 2.90. The monoisotopic (exact) mass is 488 g/mol. The molecule has 3 aromatic heterocycles. The summed E-state index contributed by atoms with van der Waals surface area (Å²) in [5.41, 5.74) is 1.76. The smallest absolute Gasteiger partial charge is 0.358 e. The Morgan fingerprint density at radius 1 is 1.14 bits per heavy atom. The summed E-state index contributed by atoms with van der Waals surface area (Å²) in [6, 6.07) is 8.93. The zero-order chi connectivity index (χ0) is 25.2. The second kappa shape index (κ2) is 7.71. The number of hydrogen-bond acceptors (Lipinski definition) is 7. The van der Waals surface area contributed by atoms with E-state index in [1.54, 1.807) is 18.5 Å². The molecule has 3 heterocycles. The summed E-state index contributed by atoms with van der Waals surface area (Å²) < 4.78 is 35.1. The van der Waals surface area contributed by atoms with E-state index < -0.39 is 23.0 Å². The van der Waals surface area contributed by atoms with Crippen molar-refractivity contribution in [2.24, 2.45) is 5.41 Å². The highest BCUT2D eigenvalue weighted by Crippen LogP contribution is 2.69. The van der Waals surface area contributed by atoms with Gasteiger partial charge in [0.15, 0.2) is 5.69 Å². The Balaban J connectivity index is 1.48. The molecule has 2 aliphatic carbocycles. The number of carbonyl (C=O) groups is 1. The zero-order valence-corrected chi connectivity index (χ0v) is 19.9. The van der Waals surface area contributed by atoms with E-state index in [9.17, 15) is 13.6 Å². The van der Waals surface area contributed by atoms with E-state index in [-0.39, 0.29) is 28.3 Å². The van der Waals surface area contributed by atoms with Gasteiger partial charge in [-0.15, -0.1) is 5.10 Å². The molecule has 10 heteroatoms. The number of esters is 1. The first-order valence-electron chi connectivity index (χ1n) is 11.6. The van der Waals surface area contributed by atoms with Gasteiger partial charge in [0.2, 0.25) is 0 Å². The van der Waals surface area contributed by atoms with Gasteiger partial charge in [-0.3, -0.25) is 0 Å². The van der Waals surface area contributed by atoms with Crippen LogP contribution in [-0.4, -0.2) is 43.0 Å². The van der Waals surface area contributed by atoms with Crippen LogP contribution in [0.4, 0.5) is 8.78 Å². The first kappa shape index (κ1) is 22.4. The van der Waals surface area contributed by atoms with Gasteiger partial charge in [-0.05, 0) is 60.1 Å². The van der Waals surface area contributed by atoms with Crippen LogP contribution >= 0.6 is 0 Å². The van der Waals surface area contributed by atoms with Crippen molar-refractivity contribution in [3.63, 3.8) is 0 Å². The summed E-state index contributed by atoms with van der Waals surface area (Å²) >= 11 is 0. The van der Waals surface area contributed by atoms with E-state index in [4.69, 9.17) is 9.72 Å². The highest BCUT2D eigenvalue weighted by atomic mass is 19.1. The number of fused-ring (bicyclic) bond motifs is 5. The highest BCUT2D eigenvalue weighted by molar-refractivity contribution is 5.86. The summed E-state index contributed by atoms with van der Waals surface area (Å²) in [6.07, 6.45) is 4.92. The van der Waals surface area contributed by atoms with Crippen molar-refractivity contribution < 1.29 is 18.3 Å². The molecule has 8 nitrogen and oxygen atoms in total. The Labute approximate surface area is 205 Å². The number of carbonyl (C=O) groups excluding carboxylic acids is 1. The van der Waals surface area contributed by atoms with Gasteiger partial charge in [-0.2, -0.15) is 10.2 Å². The van der Waals surface area contributed by atoms with Gasteiger partial charge in [-0.1, -0.05) is 19.9 Å². The topological polar surface area (TPSA) is 95.7 Å². The Kier molecular flexibility index (Phi) is 4.79. The van der Waals surface area contributed by atoms with Crippen molar-refractivity contribution in [1.82, 2.24) is 29.9 Å². The predicted molar refractivity (Wildman–Crippen MR) is 124 cm³/mol. The Morgan fingerprint density at radius 3 is 2.67 bits per heavy atom. The number of aromatic nitrogens is 6. The van der Waals surface area contributed by atoms with Crippen LogP contribution in [-0.2, 0) is 10.2 Å². The van der Waals surface area contributed by atoms with Crippen molar-refractivity contribution in [1.29, 1.82) is 0 Å². The molecule has 0 saturated heterocycles. The molecular weight excluding hydrogens is 466 g/mol. The van der Waals surface area contributed by atoms with Gasteiger partial charge >= 0.3 is 5.97 Å². The van der Waals surface area contributed by atoms with Gasteiger partial charge in [0, 0.05) is 12.4 Å². The van der Waals surface area contributed by atoms with E-state index in [2.05, 4.69) is 34.1 Å². The van der Waals surface area contributed by atoms with Crippen LogP contribution in [0, 0.1) is 17.0 Å². The van der Waals surface area contributed by atoms with Gasteiger partial charge in [0.25, 0.3) is 5.95 Å². The second-order valence-corrected chi connectivity index (χ2v) is 9.73. The lowest BCUT2D eigenvalue weighted by Crippen LogP contribution is -2.38. The normalized spacial score (nSPS) is 21.4. The maximum absolute atomic E-state index is 14.5. The summed E-state index contributed by atoms with van der Waals surface area (Å²) in [5, 5.41) is 13.1. The lowest BCUT2D eigenvalue weighted by molar-refractivity contribution is 0.0593. The van der Waals surface area contributed by atoms with E-state index in [1.807, 2.05) is 6.07 Å². The zero-order valence-electron chi connectivity index (χ0n) is 19.9. The van der Waals surface area contributed by atoms with Crippen molar-refractivity contribution in [2.75, 3.05) is 7.11 Å². The lowest BCUT2D eigenvalue weighted by atomic mass is 9.66. The van der Waals surface area contributed by atoms with Crippen molar-refractivity contribution in [3.8, 4) is 17.2 Å². The van der Waals surface area contributed by atoms with E-state index in [0.717, 1.165) is 29.8 Å². The molecule has 182 valence electrons. The number of rotatable bonds is 4. The summed E-state index contributed by atoms with van der Waals surface area (Å²) in [4.78, 5) is 21.0. The first-order valence-corrected chi connectivity index (χ1v) is 11.6. The van der Waals surface area contributed by atoms with Gasteiger partial charge in [0.1, 0.15) is 11.6 Å². The molecule has 0 N–H and O–H groups in total. The van der Waals surface area contributed by atoms with Crippen molar-refractivity contribution in [3.05, 3.63) is 83.1 Å². The summed E-state index contributed by atoms with van der Waals surface area (Å²) in [6.45, 7) is 4.33. The second-order valence-electron chi connectivity index (χ2n) is 9.73. The van der Waals surface area contributed by atoms with Crippen LogP contribution < -0.4 is 0 Å². The third-order valence-corrected chi connectivity index (χ3v) is 7.87. The molecule has 1 aromatic carbocycles. The number of hydrogen-bond donors (Lipinski definition) is 0. The average Bonchev–Trinajstić information content (AvgIpc) is 3.52. The molecule has 6 rings (SSSR count). The summed E-state index contributed by atoms with van der Waals surface area (Å²) in [5.74, 6) is -1.47. The minimum absolute atomic E-state index is 0.116. The fourth-order valence-corrected chi connectivity index (χ4v) is 6.10. The fourth-order valence-electron chi connectivity index (χ4n) is 6.10.